The molecule has 0 fully saturated rings. The summed E-state index contributed by atoms with van der Waals surface area (Å²) in [6, 6.07) is 9.41. The molecule has 0 aliphatic rings. The van der Waals surface area contributed by atoms with E-state index in [0.717, 1.165) is 5.56 Å². The smallest absolute Gasteiger partial charge is 0.255 e. The van der Waals surface area contributed by atoms with Crippen molar-refractivity contribution in [1.82, 2.24) is 4.31 Å². The van der Waals surface area contributed by atoms with E-state index in [2.05, 4.69) is 5.32 Å². The van der Waals surface area contributed by atoms with Gasteiger partial charge in [-0.2, -0.15) is 4.31 Å². The predicted octanol–water partition coefficient (Wildman–Crippen LogP) is 4.58. The molecule has 0 saturated carbocycles. The number of carbonyl (C=O) groups excluding carboxylic acids is 1. The molecule has 0 saturated heterocycles. The molecule has 8 heteroatoms. The summed E-state index contributed by atoms with van der Waals surface area (Å²) in [4.78, 5) is 12.4. The number of rotatable bonds is 6. The highest BCUT2D eigenvalue weighted by atomic mass is 35.5. The summed E-state index contributed by atoms with van der Waals surface area (Å²) < 4.78 is 26.7. The van der Waals surface area contributed by atoms with Crippen LogP contribution in [0, 0.1) is 6.92 Å². The molecule has 26 heavy (non-hydrogen) atoms. The highest BCUT2D eigenvalue weighted by molar-refractivity contribution is 7.89. The summed E-state index contributed by atoms with van der Waals surface area (Å²) in [5.41, 5.74) is 1.59. The van der Waals surface area contributed by atoms with Gasteiger partial charge in [0.2, 0.25) is 10.0 Å². The van der Waals surface area contributed by atoms with Crippen molar-refractivity contribution in [3.05, 3.63) is 57.6 Å². The van der Waals surface area contributed by atoms with E-state index in [1.54, 1.807) is 26.0 Å². The van der Waals surface area contributed by atoms with Crippen molar-refractivity contribution in [3.8, 4) is 0 Å². The summed E-state index contributed by atoms with van der Waals surface area (Å²) in [5.74, 6) is -0.469. The number of aryl methyl sites for hydroxylation is 1. The van der Waals surface area contributed by atoms with E-state index in [1.165, 1.54) is 22.5 Å². The van der Waals surface area contributed by atoms with Crippen molar-refractivity contribution >= 4 is 44.8 Å². The number of hydrogen-bond donors (Lipinski definition) is 1. The Balaban J connectivity index is 2.38. The fourth-order valence-electron chi connectivity index (χ4n) is 2.46. The summed E-state index contributed by atoms with van der Waals surface area (Å²) in [7, 11) is -3.78. The molecule has 2 aromatic rings. The largest absolute Gasteiger partial charge is 0.321 e. The predicted molar refractivity (Wildman–Crippen MR) is 106 cm³/mol. The Labute approximate surface area is 164 Å². The number of sulfonamides is 1. The van der Waals surface area contributed by atoms with Crippen LogP contribution in [0.1, 0.15) is 29.8 Å². The minimum absolute atomic E-state index is 0.0711. The molecule has 0 atom stereocenters. The van der Waals surface area contributed by atoms with Gasteiger partial charge in [-0.3, -0.25) is 4.79 Å². The van der Waals surface area contributed by atoms with Crippen molar-refractivity contribution in [1.29, 1.82) is 0 Å². The summed E-state index contributed by atoms with van der Waals surface area (Å²) in [5, 5.41) is 3.16. The SMILES string of the molecule is CCN(CC)S(=O)(=O)c1cc(C(=O)Nc2ccc(C)cc2Cl)ccc1Cl. The number of hydrogen-bond acceptors (Lipinski definition) is 3. The van der Waals surface area contributed by atoms with Crippen LogP contribution in [0.15, 0.2) is 41.3 Å². The molecule has 0 aromatic heterocycles. The Hall–Kier alpha value is -1.60. The van der Waals surface area contributed by atoms with E-state index in [9.17, 15) is 13.2 Å². The van der Waals surface area contributed by atoms with Crippen LogP contribution in [0.3, 0.4) is 0 Å². The van der Waals surface area contributed by atoms with Gasteiger partial charge in [0.25, 0.3) is 5.91 Å². The van der Waals surface area contributed by atoms with Gasteiger partial charge in [0.05, 0.1) is 15.7 Å². The Kier molecular flexibility index (Phi) is 6.69. The van der Waals surface area contributed by atoms with Crippen LogP contribution in [0.2, 0.25) is 10.0 Å². The van der Waals surface area contributed by atoms with Crippen LogP contribution in [0.5, 0.6) is 0 Å². The molecule has 0 heterocycles. The van der Waals surface area contributed by atoms with Crippen LogP contribution in [-0.2, 0) is 10.0 Å². The second-order valence-corrected chi connectivity index (χ2v) is 8.39. The van der Waals surface area contributed by atoms with Crippen LogP contribution < -0.4 is 5.32 Å². The number of halogens is 2. The maximum absolute atomic E-state index is 12.7. The van der Waals surface area contributed by atoms with E-state index in [1.807, 2.05) is 13.0 Å². The zero-order chi connectivity index (χ0) is 19.5. The third kappa shape index (κ3) is 4.38. The molecule has 0 unspecified atom stereocenters. The third-order valence-corrected chi connectivity index (χ3v) is 6.73. The average Bonchev–Trinajstić information content (AvgIpc) is 2.58. The number of carbonyl (C=O) groups is 1. The second-order valence-electron chi connectivity index (χ2n) is 5.67. The number of nitrogens with one attached hydrogen (secondary N) is 1. The van der Waals surface area contributed by atoms with Gasteiger partial charge in [-0.1, -0.05) is 43.1 Å². The van der Waals surface area contributed by atoms with Crippen LogP contribution in [0.4, 0.5) is 5.69 Å². The van der Waals surface area contributed by atoms with Gasteiger partial charge in [0, 0.05) is 18.7 Å². The van der Waals surface area contributed by atoms with Crippen LogP contribution in [0.25, 0.3) is 0 Å². The van der Waals surface area contributed by atoms with Gasteiger partial charge in [-0.15, -0.1) is 0 Å². The molecule has 5 nitrogen and oxygen atoms in total. The Morgan fingerprint density at radius 1 is 1.04 bits per heavy atom. The molecule has 1 amide bonds. The van der Waals surface area contributed by atoms with Gasteiger partial charge >= 0.3 is 0 Å². The normalized spacial score (nSPS) is 11.6. The molecular formula is C18H20Cl2N2O3S. The molecule has 2 rings (SSSR count). The second kappa shape index (κ2) is 8.39. The third-order valence-electron chi connectivity index (χ3n) is 3.89. The lowest BCUT2D eigenvalue weighted by Crippen LogP contribution is -2.31. The van der Waals surface area contributed by atoms with E-state index in [-0.39, 0.29) is 15.5 Å². The minimum atomic E-state index is -3.78. The number of amides is 1. The maximum atomic E-state index is 12.7. The van der Waals surface area contributed by atoms with Crippen LogP contribution >= 0.6 is 23.2 Å². The van der Waals surface area contributed by atoms with Crippen molar-refractivity contribution in [2.45, 2.75) is 25.7 Å². The van der Waals surface area contributed by atoms with Crippen LogP contribution in [-0.4, -0.2) is 31.7 Å². The molecule has 0 bridgehead atoms. The first kappa shape index (κ1) is 20.7. The van der Waals surface area contributed by atoms with Crippen molar-refractivity contribution < 1.29 is 13.2 Å². The Morgan fingerprint density at radius 2 is 1.69 bits per heavy atom. The van der Waals surface area contributed by atoms with Crippen molar-refractivity contribution in [2.24, 2.45) is 0 Å². The first-order valence-corrected chi connectivity index (χ1v) is 10.3. The number of anilines is 1. The molecule has 0 spiro atoms. The quantitative estimate of drug-likeness (QED) is 0.751. The lowest BCUT2D eigenvalue weighted by Gasteiger charge is -2.19. The highest BCUT2D eigenvalue weighted by Gasteiger charge is 2.25. The molecule has 2 aromatic carbocycles. The van der Waals surface area contributed by atoms with E-state index in [0.29, 0.717) is 23.8 Å². The van der Waals surface area contributed by atoms with Gasteiger partial charge in [0.1, 0.15) is 4.90 Å². The maximum Gasteiger partial charge on any atom is 0.255 e. The summed E-state index contributed by atoms with van der Waals surface area (Å²) in [6.07, 6.45) is 0. The first-order valence-electron chi connectivity index (χ1n) is 8.07. The van der Waals surface area contributed by atoms with Gasteiger partial charge in [-0.25, -0.2) is 8.42 Å². The minimum Gasteiger partial charge on any atom is -0.321 e. The fourth-order valence-corrected chi connectivity index (χ4v) is 4.70. The summed E-state index contributed by atoms with van der Waals surface area (Å²) >= 11 is 12.2. The molecule has 0 radical (unpaired) electrons. The standard InChI is InChI=1S/C18H20Cl2N2O3S/c1-4-22(5-2)26(24,25)17-11-13(7-8-14(17)19)18(23)21-16-9-6-12(3)10-15(16)20/h6-11H,4-5H2,1-3H3,(H,21,23). The summed E-state index contributed by atoms with van der Waals surface area (Å²) in [6.45, 7) is 5.99. The van der Waals surface area contributed by atoms with Gasteiger partial charge in [-0.05, 0) is 42.8 Å². The van der Waals surface area contributed by atoms with E-state index in [4.69, 9.17) is 23.2 Å². The lowest BCUT2D eigenvalue weighted by atomic mass is 10.2. The Morgan fingerprint density at radius 3 is 2.27 bits per heavy atom. The first-order chi connectivity index (χ1) is 12.2. The topological polar surface area (TPSA) is 66.5 Å². The molecule has 0 aliphatic carbocycles. The zero-order valence-corrected chi connectivity index (χ0v) is 17.0. The zero-order valence-electron chi connectivity index (χ0n) is 14.7. The molecular weight excluding hydrogens is 395 g/mol. The number of benzene rings is 2. The lowest BCUT2D eigenvalue weighted by molar-refractivity contribution is 0.102. The Bertz CT molecular complexity index is 926. The van der Waals surface area contributed by atoms with Crippen molar-refractivity contribution in [3.63, 3.8) is 0 Å². The fraction of sp³-hybridized carbons (Fsp3) is 0.278. The average molecular weight is 415 g/mol. The molecule has 140 valence electrons. The van der Waals surface area contributed by atoms with E-state index < -0.39 is 15.9 Å². The monoisotopic (exact) mass is 414 g/mol. The van der Waals surface area contributed by atoms with E-state index >= 15 is 0 Å². The van der Waals surface area contributed by atoms with Gasteiger partial charge in [0.15, 0.2) is 0 Å². The molecule has 1 N–H and O–H groups in total. The molecule has 0 aliphatic heterocycles. The van der Waals surface area contributed by atoms with Gasteiger partial charge < -0.3 is 5.32 Å². The number of nitrogens with zero attached hydrogens (tertiary/aromatic N) is 1. The van der Waals surface area contributed by atoms with Crippen molar-refractivity contribution in [2.75, 3.05) is 18.4 Å². The highest BCUT2D eigenvalue weighted by Crippen LogP contribution is 2.27.